The standard InChI is InChI=1S/C14H19FN2OS/c1-17(13-2-4-18-5-3-13)9-10-6-11(14(16)19)8-12(15)7-10/h6-8,13H,2-5,9H2,1H3,(H2,16,19). The van der Waals surface area contributed by atoms with E-state index in [1.165, 1.54) is 12.1 Å². The van der Waals surface area contributed by atoms with Gasteiger partial charge in [0.05, 0.1) is 0 Å². The minimum atomic E-state index is -0.291. The SMILES string of the molecule is CN(Cc1cc(F)cc(C(N)=S)c1)C1CCOCC1. The van der Waals surface area contributed by atoms with Crippen molar-refractivity contribution in [3.05, 3.63) is 35.1 Å². The third kappa shape index (κ3) is 3.96. The van der Waals surface area contributed by atoms with Gasteiger partial charge in [-0.15, -0.1) is 0 Å². The van der Waals surface area contributed by atoms with Gasteiger partial charge in [-0.05, 0) is 43.7 Å². The van der Waals surface area contributed by atoms with Crippen molar-refractivity contribution >= 4 is 17.2 Å². The Kier molecular flexibility index (Phi) is 4.85. The summed E-state index contributed by atoms with van der Waals surface area (Å²) < 4.78 is 18.9. The van der Waals surface area contributed by atoms with Crippen molar-refractivity contribution in [3.8, 4) is 0 Å². The highest BCUT2D eigenvalue weighted by atomic mass is 32.1. The highest BCUT2D eigenvalue weighted by Gasteiger charge is 2.18. The van der Waals surface area contributed by atoms with Crippen LogP contribution in [0.5, 0.6) is 0 Å². The van der Waals surface area contributed by atoms with Crippen molar-refractivity contribution in [2.24, 2.45) is 5.73 Å². The van der Waals surface area contributed by atoms with E-state index < -0.39 is 0 Å². The molecule has 1 heterocycles. The topological polar surface area (TPSA) is 38.5 Å². The molecule has 1 fully saturated rings. The zero-order valence-corrected chi connectivity index (χ0v) is 11.9. The van der Waals surface area contributed by atoms with Gasteiger partial charge >= 0.3 is 0 Å². The summed E-state index contributed by atoms with van der Waals surface area (Å²) in [5.74, 6) is -0.291. The zero-order valence-electron chi connectivity index (χ0n) is 11.1. The summed E-state index contributed by atoms with van der Waals surface area (Å²) >= 11 is 4.90. The Morgan fingerprint density at radius 1 is 1.42 bits per heavy atom. The van der Waals surface area contributed by atoms with E-state index in [0.717, 1.165) is 31.6 Å². The number of halogens is 1. The van der Waals surface area contributed by atoms with Gasteiger partial charge in [0, 0.05) is 31.4 Å². The Labute approximate surface area is 118 Å². The molecule has 1 saturated heterocycles. The molecule has 0 amide bonds. The van der Waals surface area contributed by atoms with Gasteiger partial charge in [0.15, 0.2) is 0 Å². The fraction of sp³-hybridized carbons (Fsp3) is 0.500. The second kappa shape index (κ2) is 6.41. The molecule has 1 aromatic carbocycles. The molecule has 2 rings (SSSR count). The fourth-order valence-electron chi connectivity index (χ4n) is 2.43. The van der Waals surface area contributed by atoms with Crippen LogP contribution >= 0.6 is 12.2 Å². The maximum absolute atomic E-state index is 13.5. The Morgan fingerprint density at radius 3 is 2.74 bits per heavy atom. The van der Waals surface area contributed by atoms with Gasteiger partial charge in [-0.3, -0.25) is 4.90 Å². The van der Waals surface area contributed by atoms with E-state index in [-0.39, 0.29) is 10.8 Å². The summed E-state index contributed by atoms with van der Waals surface area (Å²) in [6.07, 6.45) is 2.04. The van der Waals surface area contributed by atoms with Gasteiger partial charge in [-0.1, -0.05) is 12.2 Å². The molecular weight excluding hydrogens is 263 g/mol. The number of thiocarbonyl (C=S) groups is 1. The first-order chi connectivity index (χ1) is 9.06. The van der Waals surface area contributed by atoms with E-state index in [4.69, 9.17) is 22.7 Å². The van der Waals surface area contributed by atoms with Gasteiger partial charge in [-0.2, -0.15) is 0 Å². The first kappa shape index (κ1) is 14.4. The predicted molar refractivity (Wildman–Crippen MR) is 77.6 cm³/mol. The van der Waals surface area contributed by atoms with Gasteiger partial charge in [0.25, 0.3) is 0 Å². The minimum Gasteiger partial charge on any atom is -0.389 e. The van der Waals surface area contributed by atoms with E-state index in [0.29, 0.717) is 18.2 Å². The number of nitrogens with zero attached hydrogens (tertiary/aromatic N) is 1. The minimum absolute atomic E-state index is 0.231. The van der Waals surface area contributed by atoms with Crippen LogP contribution in [0, 0.1) is 5.82 Å². The van der Waals surface area contributed by atoms with Crippen molar-refractivity contribution < 1.29 is 9.13 Å². The molecular formula is C14H19FN2OS. The first-order valence-electron chi connectivity index (χ1n) is 6.43. The summed E-state index contributed by atoms with van der Waals surface area (Å²) in [6.45, 7) is 2.30. The van der Waals surface area contributed by atoms with E-state index in [1.54, 1.807) is 0 Å². The molecule has 0 spiro atoms. The molecule has 1 aliphatic rings. The summed E-state index contributed by atoms with van der Waals surface area (Å²) in [5, 5.41) is 0. The van der Waals surface area contributed by atoms with Crippen LogP contribution in [-0.2, 0) is 11.3 Å². The highest BCUT2D eigenvalue weighted by Crippen LogP contribution is 2.17. The maximum atomic E-state index is 13.5. The lowest BCUT2D eigenvalue weighted by Gasteiger charge is -2.31. The Hall–Kier alpha value is -1.04. The molecule has 1 aliphatic heterocycles. The van der Waals surface area contributed by atoms with Crippen LogP contribution in [0.4, 0.5) is 4.39 Å². The molecule has 0 aliphatic carbocycles. The van der Waals surface area contributed by atoms with Crippen LogP contribution in [0.3, 0.4) is 0 Å². The lowest BCUT2D eigenvalue weighted by Crippen LogP contribution is -2.36. The van der Waals surface area contributed by atoms with Crippen LogP contribution in [-0.4, -0.2) is 36.2 Å². The molecule has 0 bridgehead atoms. The van der Waals surface area contributed by atoms with Crippen LogP contribution in [0.1, 0.15) is 24.0 Å². The Bertz CT molecular complexity index is 461. The first-order valence-corrected chi connectivity index (χ1v) is 6.84. The average Bonchev–Trinajstić information content (AvgIpc) is 2.39. The van der Waals surface area contributed by atoms with Gasteiger partial charge in [0.1, 0.15) is 10.8 Å². The molecule has 5 heteroatoms. The largest absolute Gasteiger partial charge is 0.389 e. The molecule has 3 nitrogen and oxygen atoms in total. The molecule has 0 aromatic heterocycles. The van der Waals surface area contributed by atoms with Gasteiger partial charge < -0.3 is 10.5 Å². The van der Waals surface area contributed by atoms with Gasteiger partial charge in [-0.25, -0.2) is 4.39 Å². The highest BCUT2D eigenvalue weighted by molar-refractivity contribution is 7.80. The third-order valence-electron chi connectivity index (χ3n) is 3.49. The van der Waals surface area contributed by atoms with Crippen molar-refractivity contribution in [2.45, 2.75) is 25.4 Å². The molecule has 1 aromatic rings. The molecule has 2 N–H and O–H groups in total. The van der Waals surface area contributed by atoms with Crippen LogP contribution in [0.2, 0.25) is 0 Å². The number of nitrogens with two attached hydrogens (primary N) is 1. The second-order valence-electron chi connectivity index (χ2n) is 4.97. The smallest absolute Gasteiger partial charge is 0.124 e. The predicted octanol–water partition coefficient (Wildman–Crippen LogP) is 2.07. The monoisotopic (exact) mass is 282 g/mol. The number of ether oxygens (including phenoxy) is 1. The Morgan fingerprint density at radius 2 is 2.11 bits per heavy atom. The van der Waals surface area contributed by atoms with E-state index in [2.05, 4.69) is 11.9 Å². The average molecular weight is 282 g/mol. The van der Waals surface area contributed by atoms with E-state index in [1.807, 2.05) is 6.07 Å². The van der Waals surface area contributed by atoms with Crippen LogP contribution < -0.4 is 5.73 Å². The summed E-state index contributed by atoms with van der Waals surface area (Å²) in [6, 6.07) is 5.27. The fourth-order valence-corrected chi connectivity index (χ4v) is 2.54. The molecule has 0 atom stereocenters. The lowest BCUT2D eigenvalue weighted by molar-refractivity contribution is 0.0406. The van der Waals surface area contributed by atoms with Gasteiger partial charge in [0.2, 0.25) is 0 Å². The van der Waals surface area contributed by atoms with Crippen LogP contribution in [0.25, 0.3) is 0 Å². The number of benzene rings is 1. The molecule has 104 valence electrons. The van der Waals surface area contributed by atoms with Crippen molar-refractivity contribution in [2.75, 3.05) is 20.3 Å². The molecule has 0 unspecified atom stereocenters. The number of hydrogen-bond acceptors (Lipinski definition) is 3. The number of rotatable bonds is 4. The molecule has 0 radical (unpaired) electrons. The van der Waals surface area contributed by atoms with E-state index >= 15 is 0 Å². The van der Waals surface area contributed by atoms with Crippen molar-refractivity contribution in [1.82, 2.24) is 4.90 Å². The maximum Gasteiger partial charge on any atom is 0.124 e. The summed E-state index contributed by atoms with van der Waals surface area (Å²) in [7, 11) is 2.06. The number of hydrogen-bond donors (Lipinski definition) is 1. The quantitative estimate of drug-likeness (QED) is 0.858. The summed E-state index contributed by atoms with van der Waals surface area (Å²) in [5.41, 5.74) is 7.05. The van der Waals surface area contributed by atoms with Crippen LogP contribution in [0.15, 0.2) is 18.2 Å². The normalized spacial score (nSPS) is 16.8. The zero-order chi connectivity index (χ0) is 13.8. The Balaban J connectivity index is 2.07. The second-order valence-corrected chi connectivity index (χ2v) is 5.41. The van der Waals surface area contributed by atoms with E-state index in [9.17, 15) is 4.39 Å². The third-order valence-corrected chi connectivity index (χ3v) is 3.72. The molecule has 19 heavy (non-hydrogen) atoms. The lowest BCUT2D eigenvalue weighted by atomic mass is 10.1. The summed E-state index contributed by atoms with van der Waals surface area (Å²) in [4.78, 5) is 2.47. The molecule has 0 saturated carbocycles. The van der Waals surface area contributed by atoms with Crippen molar-refractivity contribution in [1.29, 1.82) is 0 Å². The van der Waals surface area contributed by atoms with Crippen molar-refractivity contribution in [3.63, 3.8) is 0 Å².